The van der Waals surface area contributed by atoms with E-state index >= 15 is 0 Å². The Balaban J connectivity index is 2.10. The zero-order chi connectivity index (χ0) is 9.10. The number of hydrogen-bond donors (Lipinski definition) is 1. The van der Waals surface area contributed by atoms with E-state index in [4.69, 9.17) is 0 Å². The molecule has 0 aliphatic carbocycles. The van der Waals surface area contributed by atoms with Crippen LogP contribution >= 0.6 is 11.5 Å². The number of anilines is 1. The van der Waals surface area contributed by atoms with Crippen molar-refractivity contribution in [2.75, 3.05) is 12.4 Å². The van der Waals surface area contributed by atoms with Crippen LogP contribution in [0.25, 0.3) is 0 Å². The summed E-state index contributed by atoms with van der Waals surface area (Å²) in [6.45, 7) is 0.568. The lowest BCUT2D eigenvalue weighted by molar-refractivity contribution is 0.662. The fourth-order valence-corrected chi connectivity index (χ4v) is 1.41. The summed E-state index contributed by atoms with van der Waals surface area (Å²) in [5, 5.41) is 7.70. The van der Waals surface area contributed by atoms with Crippen molar-refractivity contribution in [2.24, 2.45) is 0 Å². The van der Waals surface area contributed by atoms with E-state index in [0.29, 0.717) is 6.54 Å². The molecule has 0 aromatic carbocycles. The molecule has 0 unspecified atom stereocenters. The number of aromatic nitrogens is 5. The van der Waals surface area contributed by atoms with Gasteiger partial charge in [-0.2, -0.15) is 9.47 Å². The molecule has 6 nitrogen and oxygen atoms in total. The van der Waals surface area contributed by atoms with Gasteiger partial charge in [-0.25, -0.2) is 14.6 Å². The summed E-state index contributed by atoms with van der Waals surface area (Å²) in [4.78, 5) is 8.04. The van der Waals surface area contributed by atoms with E-state index in [9.17, 15) is 0 Å². The smallest absolute Gasteiger partial charge is 0.202 e. The summed E-state index contributed by atoms with van der Waals surface area (Å²) in [5.41, 5.74) is 0. The molecule has 7 heteroatoms. The molecule has 13 heavy (non-hydrogen) atoms. The van der Waals surface area contributed by atoms with Crippen LogP contribution in [0.15, 0.2) is 12.7 Å². The second kappa shape index (κ2) is 3.48. The zero-order valence-corrected chi connectivity index (χ0v) is 7.82. The van der Waals surface area contributed by atoms with Gasteiger partial charge in [0.15, 0.2) is 5.82 Å². The van der Waals surface area contributed by atoms with Crippen LogP contribution in [-0.4, -0.2) is 31.2 Å². The van der Waals surface area contributed by atoms with E-state index in [-0.39, 0.29) is 0 Å². The van der Waals surface area contributed by atoms with E-state index in [1.54, 1.807) is 11.0 Å². The van der Waals surface area contributed by atoms with Gasteiger partial charge in [-0.05, 0) is 0 Å². The first-order valence-corrected chi connectivity index (χ1v) is 4.48. The SMILES string of the molecule is CNc1nc(Cn2cncn2)ns1. The summed E-state index contributed by atoms with van der Waals surface area (Å²) < 4.78 is 5.82. The standard InChI is InChI=1S/C6H8N6S/c1-7-6-10-5(11-13-6)2-12-4-8-3-9-12/h3-4H,2H2,1H3,(H,7,10,11). The summed E-state index contributed by atoms with van der Waals surface area (Å²) >= 11 is 1.34. The van der Waals surface area contributed by atoms with Gasteiger partial charge >= 0.3 is 0 Å². The molecule has 0 bridgehead atoms. The Hall–Kier alpha value is -1.50. The molecule has 0 saturated heterocycles. The molecule has 0 aliphatic rings. The normalized spacial score (nSPS) is 10.2. The van der Waals surface area contributed by atoms with E-state index in [1.165, 1.54) is 17.9 Å². The highest BCUT2D eigenvalue weighted by Crippen LogP contribution is 2.09. The molecular formula is C6H8N6S. The highest BCUT2D eigenvalue weighted by atomic mass is 32.1. The van der Waals surface area contributed by atoms with Crippen molar-refractivity contribution in [3.8, 4) is 0 Å². The molecule has 2 aromatic rings. The first-order chi connectivity index (χ1) is 6.38. The van der Waals surface area contributed by atoms with Gasteiger partial charge in [-0.3, -0.25) is 0 Å². The van der Waals surface area contributed by atoms with Gasteiger partial charge < -0.3 is 5.32 Å². The van der Waals surface area contributed by atoms with E-state index in [1.807, 2.05) is 7.05 Å². The van der Waals surface area contributed by atoms with Crippen molar-refractivity contribution in [3.63, 3.8) is 0 Å². The van der Waals surface area contributed by atoms with Crippen LogP contribution in [0, 0.1) is 0 Å². The number of nitrogens with one attached hydrogen (secondary N) is 1. The van der Waals surface area contributed by atoms with Crippen LogP contribution in [0.2, 0.25) is 0 Å². The zero-order valence-electron chi connectivity index (χ0n) is 7.01. The number of hydrogen-bond acceptors (Lipinski definition) is 6. The van der Waals surface area contributed by atoms with Gasteiger partial charge in [0.05, 0.1) is 0 Å². The maximum Gasteiger partial charge on any atom is 0.202 e. The highest BCUT2D eigenvalue weighted by Gasteiger charge is 2.02. The lowest BCUT2D eigenvalue weighted by atomic mass is 10.6. The predicted molar refractivity (Wildman–Crippen MR) is 48.6 cm³/mol. The lowest BCUT2D eigenvalue weighted by Crippen LogP contribution is -2.01. The van der Waals surface area contributed by atoms with Gasteiger partial charge in [0.2, 0.25) is 5.13 Å². The first-order valence-electron chi connectivity index (χ1n) is 3.71. The quantitative estimate of drug-likeness (QED) is 0.760. The third-order valence-corrected chi connectivity index (χ3v) is 2.22. The van der Waals surface area contributed by atoms with Crippen LogP contribution in [0.3, 0.4) is 0 Å². The summed E-state index contributed by atoms with van der Waals surface area (Å²) in [6, 6.07) is 0. The second-order valence-electron chi connectivity index (χ2n) is 2.36. The minimum absolute atomic E-state index is 0.568. The molecule has 2 heterocycles. The molecule has 2 aromatic heterocycles. The second-order valence-corrected chi connectivity index (χ2v) is 3.11. The molecule has 0 aliphatic heterocycles. The van der Waals surface area contributed by atoms with E-state index in [0.717, 1.165) is 11.0 Å². The molecule has 0 spiro atoms. The van der Waals surface area contributed by atoms with Crippen LogP contribution in [0.4, 0.5) is 5.13 Å². The van der Waals surface area contributed by atoms with Crippen molar-refractivity contribution < 1.29 is 0 Å². The molecule has 2 rings (SSSR count). The van der Waals surface area contributed by atoms with Crippen LogP contribution in [0.1, 0.15) is 5.82 Å². The fourth-order valence-electron chi connectivity index (χ4n) is 0.879. The molecule has 0 saturated carbocycles. The van der Waals surface area contributed by atoms with Gasteiger partial charge in [-0.15, -0.1) is 0 Å². The summed E-state index contributed by atoms with van der Waals surface area (Å²) in [5.74, 6) is 0.750. The Bertz CT molecular complexity index is 366. The molecule has 0 radical (unpaired) electrons. The monoisotopic (exact) mass is 196 g/mol. The maximum absolute atomic E-state index is 4.21. The van der Waals surface area contributed by atoms with Gasteiger partial charge in [-0.1, -0.05) is 0 Å². The van der Waals surface area contributed by atoms with Gasteiger partial charge in [0.25, 0.3) is 0 Å². The Labute approximate surface area is 78.8 Å². The summed E-state index contributed by atoms with van der Waals surface area (Å²) in [7, 11) is 1.82. The van der Waals surface area contributed by atoms with Crippen molar-refractivity contribution in [1.29, 1.82) is 0 Å². The summed E-state index contributed by atoms with van der Waals surface area (Å²) in [6.07, 6.45) is 3.13. The van der Waals surface area contributed by atoms with Crippen LogP contribution < -0.4 is 5.32 Å². The van der Waals surface area contributed by atoms with E-state index in [2.05, 4.69) is 24.8 Å². The minimum atomic E-state index is 0.568. The maximum atomic E-state index is 4.21. The van der Waals surface area contributed by atoms with Gasteiger partial charge in [0, 0.05) is 18.6 Å². The molecule has 68 valence electrons. The molecule has 0 amide bonds. The number of nitrogens with zero attached hydrogens (tertiary/aromatic N) is 5. The number of rotatable bonds is 3. The van der Waals surface area contributed by atoms with E-state index < -0.39 is 0 Å². The predicted octanol–water partition coefficient (Wildman–Crippen LogP) is 0.220. The topological polar surface area (TPSA) is 68.5 Å². The highest BCUT2D eigenvalue weighted by molar-refractivity contribution is 7.09. The van der Waals surface area contributed by atoms with Gasteiger partial charge in [0.1, 0.15) is 19.2 Å². The van der Waals surface area contributed by atoms with Crippen molar-refractivity contribution in [3.05, 3.63) is 18.5 Å². The molecule has 0 atom stereocenters. The lowest BCUT2D eigenvalue weighted by Gasteiger charge is -1.92. The van der Waals surface area contributed by atoms with Crippen LogP contribution in [0.5, 0.6) is 0 Å². The third-order valence-electron chi connectivity index (χ3n) is 1.45. The Morgan fingerprint density at radius 1 is 1.62 bits per heavy atom. The Morgan fingerprint density at radius 2 is 2.54 bits per heavy atom. The van der Waals surface area contributed by atoms with Crippen molar-refractivity contribution in [2.45, 2.75) is 6.54 Å². The Kier molecular flexibility index (Phi) is 2.17. The average molecular weight is 196 g/mol. The molecule has 0 fully saturated rings. The van der Waals surface area contributed by atoms with Crippen LogP contribution in [-0.2, 0) is 6.54 Å². The first kappa shape index (κ1) is 8.11. The minimum Gasteiger partial charge on any atom is -0.363 e. The fraction of sp³-hybridized carbons (Fsp3) is 0.333. The largest absolute Gasteiger partial charge is 0.363 e. The third kappa shape index (κ3) is 1.81. The average Bonchev–Trinajstić information content (AvgIpc) is 2.76. The van der Waals surface area contributed by atoms with Crippen molar-refractivity contribution in [1.82, 2.24) is 24.1 Å². The molecular weight excluding hydrogens is 188 g/mol. The Morgan fingerprint density at radius 3 is 3.15 bits per heavy atom. The van der Waals surface area contributed by atoms with Crippen molar-refractivity contribution >= 4 is 16.7 Å². The molecule has 1 N–H and O–H groups in total.